The molecular formula is C24H16N4O2S. The Balaban J connectivity index is 1.55. The molecule has 0 amide bonds. The standard InChI is InChI=1S/C24H16N4O2S/c25-14-20(15-26-21-8-4-5-9-23(21)28(29)30)24-27-22(16-31-24)19-12-10-18(11-13-19)17-6-2-1-3-7-17/h1-13,15-16,26H/b20-15+. The van der Waals surface area contributed by atoms with Crippen molar-refractivity contribution in [1.29, 1.82) is 5.26 Å². The van der Waals surface area contributed by atoms with Crippen LogP contribution in [0.3, 0.4) is 0 Å². The van der Waals surface area contributed by atoms with E-state index in [-0.39, 0.29) is 5.69 Å². The minimum Gasteiger partial charge on any atom is -0.355 e. The Kier molecular flexibility index (Phi) is 5.83. The van der Waals surface area contributed by atoms with Gasteiger partial charge >= 0.3 is 0 Å². The van der Waals surface area contributed by atoms with Crippen LogP contribution in [0.1, 0.15) is 5.01 Å². The lowest BCUT2D eigenvalue weighted by atomic mass is 10.0. The Hall–Kier alpha value is -4.28. The normalized spacial score (nSPS) is 11.0. The van der Waals surface area contributed by atoms with Crippen molar-refractivity contribution in [2.24, 2.45) is 0 Å². The van der Waals surface area contributed by atoms with Gasteiger partial charge in [-0.1, -0.05) is 66.7 Å². The van der Waals surface area contributed by atoms with Gasteiger partial charge in [-0.2, -0.15) is 5.26 Å². The Labute approximate surface area is 182 Å². The zero-order valence-corrected chi connectivity index (χ0v) is 17.0. The molecule has 6 nitrogen and oxygen atoms in total. The third-order valence-electron chi connectivity index (χ3n) is 4.62. The van der Waals surface area contributed by atoms with E-state index in [1.165, 1.54) is 23.6 Å². The number of thiazole rings is 1. The Morgan fingerprint density at radius 1 is 0.968 bits per heavy atom. The highest BCUT2D eigenvalue weighted by Gasteiger charge is 2.13. The average Bonchev–Trinajstić information content (AvgIpc) is 3.30. The summed E-state index contributed by atoms with van der Waals surface area (Å²) in [6.45, 7) is 0. The summed E-state index contributed by atoms with van der Waals surface area (Å²) in [6.07, 6.45) is 1.45. The molecule has 0 atom stereocenters. The fourth-order valence-electron chi connectivity index (χ4n) is 3.04. The molecule has 0 spiro atoms. The van der Waals surface area contributed by atoms with E-state index in [1.54, 1.807) is 18.2 Å². The molecule has 0 aliphatic rings. The number of hydrogen-bond donors (Lipinski definition) is 1. The number of rotatable bonds is 6. The predicted molar refractivity (Wildman–Crippen MR) is 123 cm³/mol. The monoisotopic (exact) mass is 424 g/mol. The van der Waals surface area contributed by atoms with Crippen LogP contribution in [-0.4, -0.2) is 9.91 Å². The highest BCUT2D eigenvalue weighted by molar-refractivity contribution is 7.11. The number of nitro groups is 1. The molecule has 3 aromatic carbocycles. The largest absolute Gasteiger partial charge is 0.355 e. The number of nitrogens with zero attached hydrogens (tertiary/aromatic N) is 3. The molecule has 0 saturated heterocycles. The van der Waals surface area contributed by atoms with Gasteiger partial charge in [0, 0.05) is 23.2 Å². The smallest absolute Gasteiger partial charge is 0.292 e. The number of hydrogen-bond acceptors (Lipinski definition) is 6. The topological polar surface area (TPSA) is 91.8 Å². The lowest BCUT2D eigenvalue weighted by Crippen LogP contribution is -1.96. The molecule has 0 aliphatic heterocycles. The van der Waals surface area contributed by atoms with Gasteiger partial charge in [0.2, 0.25) is 0 Å². The molecule has 1 heterocycles. The van der Waals surface area contributed by atoms with Crippen LogP contribution in [0.25, 0.3) is 28.0 Å². The van der Waals surface area contributed by atoms with Crippen LogP contribution < -0.4 is 5.32 Å². The minimum absolute atomic E-state index is 0.0608. The molecule has 7 heteroatoms. The highest BCUT2D eigenvalue weighted by Crippen LogP contribution is 2.29. The van der Waals surface area contributed by atoms with Crippen molar-refractivity contribution in [1.82, 2.24) is 4.98 Å². The summed E-state index contributed by atoms with van der Waals surface area (Å²) in [6, 6.07) is 26.6. The molecule has 1 N–H and O–H groups in total. The molecule has 0 fully saturated rings. The van der Waals surface area contributed by atoms with E-state index >= 15 is 0 Å². The molecule has 0 unspecified atom stereocenters. The second kappa shape index (κ2) is 9.03. The van der Waals surface area contributed by atoms with Crippen LogP contribution in [0.5, 0.6) is 0 Å². The van der Waals surface area contributed by atoms with Gasteiger partial charge < -0.3 is 5.32 Å². The maximum absolute atomic E-state index is 11.2. The Morgan fingerprint density at radius 2 is 1.61 bits per heavy atom. The fourth-order valence-corrected chi connectivity index (χ4v) is 3.84. The van der Waals surface area contributed by atoms with Crippen molar-refractivity contribution in [2.75, 3.05) is 5.32 Å². The van der Waals surface area contributed by atoms with E-state index in [0.717, 1.165) is 22.4 Å². The molecular weight excluding hydrogens is 408 g/mol. The summed E-state index contributed by atoms with van der Waals surface area (Å²) in [7, 11) is 0. The van der Waals surface area contributed by atoms with Crippen molar-refractivity contribution in [3.05, 3.63) is 106 Å². The first-order valence-electron chi connectivity index (χ1n) is 9.37. The second-order valence-corrected chi connectivity index (χ2v) is 7.43. The SMILES string of the molecule is N#C/C(=C\Nc1ccccc1[N+](=O)[O-])c1nc(-c2ccc(-c3ccccc3)cc2)cs1. The summed E-state index contributed by atoms with van der Waals surface area (Å²) in [5, 5.41) is 26.0. The summed E-state index contributed by atoms with van der Waals surface area (Å²) in [5.41, 5.74) is 4.53. The molecule has 150 valence electrons. The average molecular weight is 424 g/mol. The molecule has 4 rings (SSSR count). The predicted octanol–water partition coefficient (Wildman–Crippen LogP) is 6.36. The van der Waals surface area contributed by atoms with Gasteiger partial charge in [-0.3, -0.25) is 10.1 Å². The van der Waals surface area contributed by atoms with Gasteiger partial charge in [0.25, 0.3) is 5.69 Å². The number of nitro benzene ring substituents is 1. The van der Waals surface area contributed by atoms with Gasteiger partial charge in [0.05, 0.1) is 10.6 Å². The maximum atomic E-state index is 11.2. The molecule has 0 aliphatic carbocycles. The van der Waals surface area contributed by atoms with Crippen molar-refractivity contribution >= 4 is 28.3 Å². The number of nitriles is 1. The van der Waals surface area contributed by atoms with Crippen LogP contribution in [0.4, 0.5) is 11.4 Å². The molecule has 0 saturated carbocycles. The third-order valence-corrected chi connectivity index (χ3v) is 5.49. The second-order valence-electron chi connectivity index (χ2n) is 6.57. The molecule has 0 radical (unpaired) electrons. The van der Waals surface area contributed by atoms with Crippen molar-refractivity contribution < 1.29 is 4.92 Å². The van der Waals surface area contributed by atoms with Crippen molar-refractivity contribution in [3.8, 4) is 28.5 Å². The van der Waals surface area contributed by atoms with Crippen molar-refractivity contribution in [2.45, 2.75) is 0 Å². The summed E-state index contributed by atoms with van der Waals surface area (Å²) in [4.78, 5) is 15.3. The third kappa shape index (κ3) is 4.50. The summed E-state index contributed by atoms with van der Waals surface area (Å²) >= 11 is 1.35. The van der Waals surface area contributed by atoms with Crippen LogP contribution in [0, 0.1) is 21.4 Å². The van der Waals surface area contributed by atoms with Crippen LogP contribution in [0.2, 0.25) is 0 Å². The van der Waals surface area contributed by atoms with E-state index in [1.807, 2.05) is 47.8 Å². The first kappa shape index (κ1) is 20.0. The molecule has 4 aromatic rings. The number of allylic oxidation sites excluding steroid dienone is 1. The minimum atomic E-state index is -0.469. The van der Waals surface area contributed by atoms with Crippen molar-refractivity contribution in [3.63, 3.8) is 0 Å². The summed E-state index contributed by atoms with van der Waals surface area (Å²) in [5.74, 6) is 0. The number of aromatic nitrogens is 1. The zero-order valence-electron chi connectivity index (χ0n) is 16.2. The van der Waals surface area contributed by atoms with E-state index in [4.69, 9.17) is 0 Å². The van der Waals surface area contributed by atoms with Gasteiger partial charge in [-0.15, -0.1) is 11.3 Å². The lowest BCUT2D eigenvalue weighted by molar-refractivity contribution is -0.383. The highest BCUT2D eigenvalue weighted by atomic mass is 32.1. The van der Waals surface area contributed by atoms with E-state index in [0.29, 0.717) is 16.3 Å². The number of para-hydroxylation sites is 2. The molecule has 31 heavy (non-hydrogen) atoms. The maximum Gasteiger partial charge on any atom is 0.292 e. The van der Waals surface area contributed by atoms with Gasteiger partial charge in [-0.25, -0.2) is 4.98 Å². The lowest BCUT2D eigenvalue weighted by Gasteiger charge is -2.03. The zero-order chi connectivity index (χ0) is 21.6. The summed E-state index contributed by atoms with van der Waals surface area (Å²) < 4.78 is 0. The van der Waals surface area contributed by atoms with E-state index in [2.05, 4.69) is 28.5 Å². The van der Waals surface area contributed by atoms with Gasteiger partial charge in [0.15, 0.2) is 0 Å². The number of anilines is 1. The quantitative estimate of drug-likeness (QED) is 0.221. The number of benzene rings is 3. The molecule has 1 aromatic heterocycles. The number of nitrogens with one attached hydrogen (secondary N) is 1. The van der Waals surface area contributed by atoms with E-state index in [9.17, 15) is 15.4 Å². The van der Waals surface area contributed by atoms with Gasteiger partial charge in [-0.05, 0) is 17.2 Å². The Morgan fingerprint density at radius 3 is 2.32 bits per heavy atom. The first-order chi connectivity index (χ1) is 15.2. The first-order valence-corrected chi connectivity index (χ1v) is 10.3. The van der Waals surface area contributed by atoms with Crippen LogP contribution in [0.15, 0.2) is 90.4 Å². The van der Waals surface area contributed by atoms with Crippen LogP contribution >= 0.6 is 11.3 Å². The van der Waals surface area contributed by atoms with Crippen LogP contribution in [-0.2, 0) is 0 Å². The molecule has 0 bridgehead atoms. The Bertz CT molecular complexity index is 1290. The van der Waals surface area contributed by atoms with Gasteiger partial charge in [0.1, 0.15) is 22.3 Å². The fraction of sp³-hybridized carbons (Fsp3) is 0. The van der Waals surface area contributed by atoms with E-state index < -0.39 is 4.92 Å².